The van der Waals surface area contributed by atoms with Crippen LogP contribution in [-0.2, 0) is 13.0 Å². The Balaban J connectivity index is 1.58. The molecule has 35 heavy (non-hydrogen) atoms. The molecule has 0 atom stereocenters. The number of hydrogen-bond donors (Lipinski definition) is 2. The fourth-order valence-electron chi connectivity index (χ4n) is 4.06. The summed E-state index contributed by atoms with van der Waals surface area (Å²) in [5.41, 5.74) is 4.16. The second-order valence-corrected chi connectivity index (χ2v) is 8.64. The molecule has 0 bridgehead atoms. The van der Waals surface area contributed by atoms with E-state index in [1.165, 1.54) is 0 Å². The molecule has 0 unspecified atom stereocenters. The van der Waals surface area contributed by atoms with Crippen molar-refractivity contribution in [1.29, 1.82) is 0 Å². The van der Waals surface area contributed by atoms with Gasteiger partial charge in [-0.1, -0.05) is 82.1 Å². The van der Waals surface area contributed by atoms with Crippen LogP contribution in [0.5, 0.6) is 0 Å². The molecule has 0 saturated heterocycles. The number of rotatable bonds is 11. The number of nitrogens with one attached hydrogen (secondary N) is 2. The van der Waals surface area contributed by atoms with Crippen LogP contribution < -0.4 is 5.32 Å². The highest BCUT2D eigenvalue weighted by atomic mass is 16.2. The molecule has 2 heterocycles. The van der Waals surface area contributed by atoms with Gasteiger partial charge in [-0.3, -0.25) is 4.79 Å². The second-order valence-electron chi connectivity index (χ2n) is 8.64. The molecule has 4 aromatic rings. The van der Waals surface area contributed by atoms with Gasteiger partial charge in [0.05, 0.1) is 0 Å². The summed E-state index contributed by atoms with van der Waals surface area (Å²) in [7, 11) is 0. The smallest absolute Gasteiger partial charge is 0.290 e. The summed E-state index contributed by atoms with van der Waals surface area (Å²) in [5, 5.41) is 21.8. The number of aromatic nitrogens is 7. The molecule has 1 amide bonds. The third-order valence-corrected chi connectivity index (χ3v) is 6.23. The van der Waals surface area contributed by atoms with E-state index in [0.29, 0.717) is 24.7 Å². The van der Waals surface area contributed by atoms with Crippen molar-refractivity contribution in [3.8, 4) is 22.5 Å². The van der Waals surface area contributed by atoms with E-state index in [4.69, 9.17) is 0 Å². The monoisotopic (exact) mass is 472 g/mol. The summed E-state index contributed by atoms with van der Waals surface area (Å²) in [6.45, 7) is 7.76. The van der Waals surface area contributed by atoms with Gasteiger partial charge in [0.15, 0.2) is 5.82 Å². The third-order valence-electron chi connectivity index (χ3n) is 6.23. The Hall–Kier alpha value is -3.88. The maximum Gasteiger partial charge on any atom is 0.290 e. The third kappa shape index (κ3) is 5.79. The fourth-order valence-corrected chi connectivity index (χ4v) is 4.06. The number of hydrogen-bond acceptors (Lipinski definition) is 6. The average molecular weight is 473 g/mol. The molecule has 0 saturated carbocycles. The van der Waals surface area contributed by atoms with Crippen LogP contribution >= 0.6 is 0 Å². The van der Waals surface area contributed by atoms with Crippen molar-refractivity contribution < 1.29 is 4.79 Å². The second kappa shape index (κ2) is 11.5. The van der Waals surface area contributed by atoms with Crippen molar-refractivity contribution in [3.63, 3.8) is 0 Å². The summed E-state index contributed by atoms with van der Waals surface area (Å²) < 4.78 is 1.92. The normalized spacial score (nSPS) is 11.2. The SMILES string of the molecule is CCCNC(=O)c1nc(Cc2ccc(-c3ccccc3-c3nnn[nH]3)cc2)n(CC(CC)CC)n1. The zero-order valence-electron chi connectivity index (χ0n) is 20.5. The number of nitrogens with zero attached hydrogens (tertiary/aromatic N) is 6. The molecule has 4 rings (SSSR count). The zero-order valence-corrected chi connectivity index (χ0v) is 20.5. The van der Waals surface area contributed by atoms with Gasteiger partial charge in [-0.2, -0.15) is 0 Å². The molecule has 0 fully saturated rings. The maximum atomic E-state index is 12.5. The minimum atomic E-state index is -0.217. The first-order chi connectivity index (χ1) is 17.1. The van der Waals surface area contributed by atoms with Crippen LogP contribution in [0.4, 0.5) is 0 Å². The zero-order chi connectivity index (χ0) is 24.6. The van der Waals surface area contributed by atoms with E-state index in [0.717, 1.165) is 53.9 Å². The van der Waals surface area contributed by atoms with Crippen LogP contribution in [0.2, 0.25) is 0 Å². The topological polar surface area (TPSA) is 114 Å². The van der Waals surface area contributed by atoms with Crippen molar-refractivity contribution >= 4 is 5.91 Å². The number of carbonyl (C=O) groups excluding carboxylic acids is 1. The molecule has 9 heteroatoms. The van der Waals surface area contributed by atoms with Gasteiger partial charge in [0, 0.05) is 25.1 Å². The quantitative estimate of drug-likeness (QED) is 0.337. The molecule has 182 valence electrons. The number of amides is 1. The Morgan fingerprint density at radius 3 is 2.43 bits per heavy atom. The van der Waals surface area contributed by atoms with Gasteiger partial charge in [0.2, 0.25) is 5.82 Å². The molecule has 2 aromatic heterocycles. The predicted octanol–water partition coefficient (Wildman–Crippen LogP) is 4.29. The highest BCUT2D eigenvalue weighted by molar-refractivity contribution is 5.90. The van der Waals surface area contributed by atoms with Crippen molar-refractivity contribution in [2.45, 2.75) is 53.0 Å². The van der Waals surface area contributed by atoms with Gasteiger partial charge in [-0.05, 0) is 39.5 Å². The molecule has 0 aliphatic rings. The first kappa shape index (κ1) is 24.3. The van der Waals surface area contributed by atoms with E-state index < -0.39 is 0 Å². The Morgan fingerprint density at radius 1 is 1.03 bits per heavy atom. The van der Waals surface area contributed by atoms with Crippen LogP contribution in [0.1, 0.15) is 62.0 Å². The molecule has 2 N–H and O–H groups in total. The van der Waals surface area contributed by atoms with Gasteiger partial charge in [-0.25, -0.2) is 14.8 Å². The molecule has 0 aliphatic heterocycles. The average Bonchev–Trinajstić information content (AvgIpc) is 3.57. The minimum absolute atomic E-state index is 0.217. The van der Waals surface area contributed by atoms with E-state index in [1.807, 2.05) is 29.8 Å². The maximum absolute atomic E-state index is 12.5. The molecular weight excluding hydrogens is 440 g/mol. The van der Waals surface area contributed by atoms with Crippen LogP contribution in [0.25, 0.3) is 22.5 Å². The summed E-state index contributed by atoms with van der Waals surface area (Å²) in [5.74, 6) is 1.95. The molecular formula is C26H32N8O. The van der Waals surface area contributed by atoms with Gasteiger partial charge >= 0.3 is 0 Å². The lowest BCUT2D eigenvalue weighted by atomic mass is 9.97. The van der Waals surface area contributed by atoms with Crippen molar-refractivity contribution in [2.75, 3.05) is 6.54 Å². The highest BCUT2D eigenvalue weighted by Gasteiger charge is 2.18. The van der Waals surface area contributed by atoms with Crippen LogP contribution in [0.3, 0.4) is 0 Å². The molecule has 0 aliphatic carbocycles. The summed E-state index contributed by atoms with van der Waals surface area (Å²) in [6, 6.07) is 16.4. The standard InChI is InChI=1S/C26H32N8O/c1-4-15-27-26(35)25-28-23(34(31-25)17-18(5-2)6-3)16-19-11-13-20(14-12-19)21-9-7-8-10-22(21)24-29-32-33-30-24/h7-14,18H,4-6,15-17H2,1-3H3,(H,27,35)(H,29,30,32,33). The van der Waals surface area contributed by atoms with Crippen LogP contribution in [0.15, 0.2) is 48.5 Å². The molecule has 0 spiro atoms. The van der Waals surface area contributed by atoms with E-state index in [2.05, 4.69) is 80.2 Å². The van der Waals surface area contributed by atoms with E-state index in [9.17, 15) is 4.79 Å². The van der Waals surface area contributed by atoms with Gasteiger partial charge in [-0.15, -0.1) is 10.2 Å². The lowest BCUT2D eigenvalue weighted by Gasteiger charge is -2.14. The van der Waals surface area contributed by atoms with Crippen LogP contribution in [0, 0.1) is 5.92 Å². The van der Waals surface area contributed by atoms with E-state index in [1.54, 1.807) is 0 Å². The van der Waals surface area contributed by atoms with E-state index >= 15 is 0 Å². The molecule has 0 radical (unpaired) electrons. The fraction of sp³-hybridized carbons (Fsp3) is 0.385. The minimum Gasteiger partial charge on any atom is -0.349 e. The highest BCUT2D eigenvalue weighted by Crippen LogP contribution is 2.30. The number of aromatic amines is 1. The lowest BCUT2D eigenvalue weighted by molar-refractivity contribution is 0.0942. The largest absolute Gasteiger partial charge is 0.349 e. The summed E-state index contributed by atoms with van der Waals surface area (Å²) in [6.07, 6.45) is 3.58. The Bertz CT molecular complexity index is 1230. The number of carbonyl (C=O) groups is 1. The number of tetrazole rings is 1. The van der Waals surface area contributed by atoms with Crippen molar-refractivity contribution in [2.24, 2.45) is 5.92 Å². The van der Waals surface area contributed by atoms with Gasteiger partial charge in [0.25, 0.3) is 5.91 Å². The Kier molecular flexibility index (Phi) is 7.97. The lowest BCUT2D eigenvalue weighted by Crippen LogP contribution is -2.25. The Morgan fingerprint density at radius 2 is 1.77 bits per heavy atom. The number of H-pyrrole nitrogens is 1. The van der Waals surface area contributed by atoms with Crippen molar-refractivity contribution in [3.05, 3.63) is 65.7 Å². The first-order valence-electron chi connectivity index (χ1n) is 12.3. The number of benzene rings is 2. The van der Waals surface area contributed by atoms with Crippen LogP contribution in [-0.4, -0.2) is 47.8 Å². The first-order valence-corrected chi connectivity index (χ1v) is 12.3. The van der Waals surface area contributed by atoms with Gasteiger partial charge < -0.3 is 5.32 Å². The molecule has 9 nitrogen and oxygen atoms in total. The predicted molar refractivity (Wildman–Crippen MR) is 135 cm³/mol. The summed E-state index contributed by atoms with van der Waals surface area (Å²) >= 11 is 0. The summed E-state index contributed by atoms with van der Waals surface area (Å²) in [4.78, 5) is 17.1. The van der Waals surface area contributed by atoms with Gasteiger partial charge in [0.1, 0.15) is 5.82 Å². The van der Waals surface area contributed by atoms with E-state index in [-0.39, 0.29) is 11.7 Å². The molecule has 2 aromatic carbocycles. The Labute approximate surface area is 205 Å². The van der Waals surface area contributed by atoms with Crippen molar-refractivity contribution in [1.82, 2.24) is 40.7 Å².